The number of amides is 1. The smallest absolute Gasteiger partial charge is 0.270 e. The van der Waals surface area contributed by atoms with Crippen molar-refractivity contribution in [3.05, 3.63) is 82.9 Å². The van der Waals surface area contributed by atoms with Gasteiger partial charge in [0, 0.05) is 43.8 Å². The molecule has 5 rings (SSSR count). The maximum atomic E-state index is 13.5. The highest BCUT2D eigenvalue weighted by Crippen LogP contribution is 2.28. The predicted molar refractivity (Wildman–Crippen MR) is 131 cm³/mol. The standard InChI is InChI=1S/C26H27N3O2S/c1-19-3-5-20(6-4-19)18-29-24(17-21-11-16-32-26(21)29)25(30)28-14-12-27(13-15-28)22-7-9-23(31-2)10-8-22/h3-11,16-17H,12-15,18H2,1-2H3. The molecule has 6 heteroatoms. The van der Waals surface area contributed by atoms with E-state index in [1.54, 1.807) is 18.4 Å². The summed E-state index contributed by atoms with van der Waals surface area (Å²) in [5.41, 5.74) is 4.40. The van der Waals surface area contributed by atoms with Gasteiger partial charge in [0.1, 0.15) is 16.3 Å². The zero-order valence-electron chi connectivity index (χ0n) is 18.5. The van der Waals surface area contributed by atoms with Crippen LogP contribution < -0.4 is 9.64 Å². The Morgan fingerprint density at radius 1 is 0.969 bits per heavy atom. The zero-order chi connectivity index (χ0) is 22.1. The van der Waals surface area contributed by atoms with Crippen molar-refractivity contribution in [2.24, 2.45) is 0 Å². The molecular formula is C26H27N3O2S. The molecule has 0 saturated carbocycles. The van der Waals surface area contributed by atoms with Crippen LogP contribution in [0.4, 0.5) is 5.69 Å². The van der Waals surface area contributed by atoms with Gasteiger partial charge in [-0.2, -0.15) is 0 Å². The number of carbonyl (C=O) groups is 1. The van der Waals surface area contributed by atoms with Crippen LogP contribution in [-0.4, -0.2) is 48.7 Å². The summed E-state index contributed by atoms with van der Waals surface area (Å²) in [5, 5.41) is 3.24. The predicted octanol–water partition coefficient (Wildman–Crippen LogP) is 5.03. The number of carbonyl (C=O) groups excluding carboxylic acids is 1. The van der Waals surface area contributed by atoms with Crippen LogP contribution in [0.1, 0.15) is 21.6 Å². The number of benzene rings is 2. The van der Waals surface area contributed by atoms with E-state index in [4.69, 9.17) is 4.74 Å². The van der Waals surface area contributed by atoms with Gasteiger partial charge in [-0.1, -0.05) is 29.8 Å². The van der Waals surface area contributed by atoms with Gasteiger partial charge < -0.3 is 19.1 Å². The molecule has 164 valence electrons. The SMILES string of the molecule is COc1ccc(N2CCN(C(=O)c3cc4ccsc4n3Cc3ccc(C)cc3)CC2)cc1. The molecule has 1 aliphatic heterocycles. The minimum absolute atomic E-state index is 0.120. The van der Waals surface area contributed by atoms with E-state index in [1.807, 2.05) is 17.0 Å². The topological polar surface area (TPSA) is 37.7 Å². The molecule has 0 bridgehead atoms. The van der Waals surface area contributed by atoms with Crippen molar-refractivity contribution >= 4 is 33.1 Å². The Labute approximate surface area is 192 Å². The lowest BCUT2D eigenvalue weighted by atomic mass is 10.1. The van der Waals surface area contributed by atoms with Crippen molar-refractivity contribution in [3.8, 4) is 5.75 Å². The number of aryl methyl sites for hydroxylation is 1. The second-order valence-electron chi connectivity index (χ2n) is 8.26. The fourth-order valence-electron chi connectivity index (χ4n) is 4.31. The second-order valence-corrected chi connectivity index (χ2v) is 9.15. The molecule has 32 heavy (non-hydrogen) atoms. The van der Waals surface area contributed by atoms with Crippen molar-refractivity contribution in [2.45, 2.75) is 13.5 Å². The number of nitrogens with zero attached hydrogens (tertiary/aromatic N) is 3. The molecule has 2 aromatic heterocycles. The highest BCUT2D eigenvalue weighted by Gasteiger charge is 2.26. The van der Waals surface area contributed by atoms with Gasteiger partial charge in [-0.3, -0.25) is 4.79 Å². The van der Waals surface area contributed by atoms with Crippen LogP contribution in [0.15, 0.2) is 66.0 Å². The first kappa shape index (κ1) is 20.6. The van der Waals surface area contributed by atoms with Gasteiger partial charge in [0.25, 0.3) is 5.91 Å². The molecule has 1 saturated heterocycles. The average molecular weight is 446 g/mol. The van der Waals surface area contributed by atoms with Crippen molar-refractivity contribution in [1.82, 2.24) is 9.47 Å². The molecule has 1 fully saturated rings. The molecule has 0 atom stereocenters. The number of hydrogen-bond donors (Lipinski definition) is 0. The van der Waals surface area contributed by atoms with Gasteiger partial charge >= 0.3 is 0 Å². The number of fused-ring (bicyclic) bond motifs is 1. The zero-order valence-corrected chi connectivity index (χ0v) is 19.3. The molecular weight excluding hydrogens is 418 g/mol. The van der Waals surface area contributed by atoms with Crippen LogP contribution in [0.25, 0.3) is 10.2 Å². The number of piperazine rings is 1. The van der Waals surface area contributed by atoms with Crippen molar-refractivity contribution in [1.29, 1.82) is 0 Å². The largest absolute Gasteiger partial charge is 0.497 e. The highest BCUT2D eigenvalue weighted by molar-refractivity contribution is 7.16. The molecule has 0 unspecified atom stereocenters. The van der Waals surface area contributed by atoms with E-state index in [-0.39, 0.29) is 5.91 Å². The quantitative estimate of drug-likeness (QED) is 0.432. The molecule has 0 aliphatic carbocycles. The number of ether oxygens (including phenoxy) is 1. The van der Waals surface area contributed by atoms with Crippen LogP contribution in [0.2, 0.25) is 0 Å². The summed E-state index contributed by atoms with van der Waals surface area (Å²) in [5.74, 6) is 0.978. The number of hydrogen-bond acceptors (Lipinski definition) is 4. The van der Waals surface area contributed by atoms with Crippen LogP contribution in [0.5, 0.6) is 5.75 Å². The van der Waals surface area contributed by atoms with E-state index in [1.165, 1.54) is 16.8 Å². The fourth-order valence-corrected chi connectivity index (χ4v) is 5.20. The first-order valence-electron chi connectivity index (χ1n) is 10.9. The first-order valence-corrected chi connectivity index (χ1v) is 11.8. The molecule has 0 N–H and O–H groups in total. The minimum Gasteiger partial charge on any atom is -0.497 e. The van der Waals surface area contributed by atoms with Gasteiger partial charge in [0.05, 0.1) is 7.11 Å². The Hall–Kier alpha value is -3.25. The van der Waals surface area contributed by atoms with E-state index < -0.39 is 0 Å². The molecule has 3 heterocycles. The number of methoxy groups -OCH3 is 1. The lowest BCUT2D eigenvalue weighted by Crippen LogP contribution is -2.49. The lowest BCUT2D eigenvalue weighted by Gasteiger charge is -2.36. The third-order valence-corrected chi connectivity index (χ3v) is 7.14. The summed E-state index contributed by atoms with van der Waals surface area (Å²) >= 11 is 1.70. The molecule has 1 amide bonds. The van der Waals surface area contributed by atoms with Gasteiger partial charge in [0.2, 0.25) is 0 Å². The van der Waals surface area contributed by atoms with Crippen molar-refractivity contribution < 1.29 is 9.53 Å². The Morgan fingerprint density at radius 2 is 1.69 bits per heavy atom. The average Bonchev–Trinajstić information content (AvgIpc) is 3.43. The Morgan fingerprint density at radius 3 is 2.38 bits per heavy atom. The monoisotopic (exact) mass is 445 g/mol. The van der Waals surface area contributed by atoms with Crippen molar-refractivity contribution in [3.63, 3.8) is 0 Å². The molecule has 2 aromatic carbocycles. The normalized spacial score (nSPS) is 14.2. The summed E-state index contributed by atoms with van der Waals surface area (Å²) in [6.45, 7) is 5.88. The lowest BCUT2D eigenvalue weighted by molar-refractivity contribution is 0.0737. The number of anilines is 1. The maximum Gasteiger partial charge on any atom is 0.270 e. The van der Waals surface area contributed by atoms with Crippen LogP contribution >= 0.6 is 11.3 Å². The minimum atomic E-state index is 0.120. The van der Waals surface area contributed by atoms with Crippen LogP contribution in [0, 0.1) is 6.92 Å². The van der Waals surface area contributed by atoms with E-state index in [2.05, 4.69) is 70.3 Å². The molecule has 4 aromatic rings. The number of aromatic nitrogens is 1. The van der Waals surface area contributed by atoms with E-state index in [0.717, 1.165) is 34.7 Å². The summed E-state index contributed by atoms with van der Waals surface area (Å²) in [6.07, 6.45) is 0. The summed E-state index contributed by atoms with van der Waals surface area (Å²) in [7, 11) is 1.68. The summed E-state index contributed by atoms with van der Waals surface area (Å²) in [6, 6.07) is 20.8. The summed E-state index contributed by atoms with van der Waals surface area (Å²) < 4.78 is 7.44. The van der Waals surface area contributed by atoms with E-state index >= 15 is 0 Å². The fraction of sp³-hybridized carbons (Fsp3) is 0.269. The number of rotatable bonds is 5. The third-order valence-electron chi connectivity index (χ3n) is 6.19. The van der Waals surface area contributed by atoms with E-state index in [0.29, 0.717) is 19.6 Å². The van der Waals surface area contributed by atoms with Crippen molar-refractivity contribution in [2.75, 3.05) is 38.2 Å². The Balaban J connectivity index is 1.33. The Kier molecular flexibility index (Phi) is 5.62. The van der Waals surface area contributed by atoms with Gasteiger partial charge in [-0.05, 0) is 54.3 Å². The third kappa shape index (κ3) is 3.98. The molecule has 1 aliphatic rings. The second kappa shape index (κ2) is 8.71. The number of thiophene rings is 1. The molecule has 5 nitrogen and oxygen atoms in total. The maximum absolute atomic E-state index is 13.5. The van der Waals surface area contributed by atoms with Crippen LogP contribution in [0.3, 0.4) is 0 Å². The Bertz CT molecular complexity index is 1220. The highest BCUT2D eigenvalue weighted by atomic mass is 32.1. The van der Waals surface area contributed by atoms with Gasteiger partial charge in [0.15, 0.2) is 0 Å². The van der Waals surface area contributed by atoms with Gasteiger partial charge in [-0.25, -0.2) is 0 Å². The molecule has 0 spiro atoms. The van der Waals surface area contributed by atoms with Crippen LogP contribution in [-0.2, 0) is 6.54 Å². The van der Waals surface area contributed by atoms with Gasteiger partial charge in [-0.15, -0.1) is 11.3 Å². The first-order chi connectivity index (χ1) is 15.6. The van der Waals surface area contributed by atoms with E-state index in [9.17, 15) is 4.79 Å². The molecule has 0 radical (unpaired) electrons. The summed E-state index contributed by atoms with van der Waals surface area (Å²) in [4.78, 5) is 19.0.